The fourth-order valence-electron chi connectivity index (χ4n) is 2.74. The minimum Gasteiger partial charge on any atom is -0.451 e. The highest BCUT2D eigenvalue weighted by atomic mass is 16.3. The Morgan fingerprint density at radius 1 is 1.20 bits per heavy atom. The van der Waals surface area contributed by atoms with Crippen LogP contribution in [0.25, 0.3) is 22.2 Å². The van der Waals surface area contributed by atoms with Crippen molar-refractivity contribution in [1.29, 1.82) is 0 Å². The van der Waals surface area contributed by atoms with Gasteiger partial charge in [0.1, 0.15) is 5.58 Å². The Balaban J connectivity index is 1.49. The summed E-state index contributed by atoms with van der Waals surface area (Å²) in [7, 11) is 1.88. The molecule has 6 nitrogen and oxygen atoms in total. The predicted octanol–water partition coefficient (Wildman–Crippen LogP) is 3.16. The van der Waals surface area contributed by atoms with E-state index in [-0.39, 0.29) is 5.91 Å². The van der Waals surface area contributed by atoms with Gasteiger partial charge in [-0.3, -0.25) is 14.5 Å². The summed E-state index contributed by atoms with van der Waals surface area (Å²) in [5.74, 6) is 0.0547. The van der Waals surface area contributed by atoms with E-state index in [0.29, 0.717) is 17.9 Å². The van der Waals surface area contributed by atoms with E-state index in [2.05, 4.69) is 15.4 Å². The third-order valence-electron chi connectivity index (χ3n) is 4.01. The molecule has 1 N–H and O–H groups in total. The van der Waals surface area contributed by atoms with Crippen LogP contribution in [-0.4, -0.2) is 20.7 Å². The van der Waals surface area contributed by atoms with Crippen LogP contribution in [0.2, 0.25) is 0 Å². The maximum Gasteiger partial charge on any atom is 0.287 e. The van der Waals surface area contributed by atoms with Crippen molar-refractivity contribution >= 4 is 16.9 Å². The minimum atomic E-state index is -0.248. The molecular weight excluding hydrogens is 316 g/mol. The molecule has 1 amide bonds. The van der Waals surface area contributed by atoms with Crippen molar-refractivity contribution in [3.05, 3.63) is 72.4 Å². The number of pyridine rings is 1. The number of aryl methyl sites for hydroxylation is 1. The second-order valence-electron chi connectivity index (χ2n) is 5.75. The van der Waals surface area contributed by atoms with Gasteiger partial charge in [0.2, 0.25) is 0 Å². The summed E-state index contributed by atoms with van der Waals surface area (Å²) in [6.07, 6.45) is 5.26. The largest absolute Gasteiger partial charge is 0.451 e. The van der Waals surface area contributed by atoms with Gasteiger partial charge in [0, 0.05) is 43.1 Å². The maximum atomic E-state index is 12.3. The van der Waals surface area contributed by atoms with Crippen molar-refractivity contribution in [1.82, 2.24) is 20.1 Å². The molecule has 3 heterocycles. The summed E-state index contributed by atoms with van der Waals surface area (Å²) in [6, 6.07) is 13.2. The van der Waals surface area contributed by atoms with Crippen LogP contribution < -0.4 is 5.32 Å². The summed E-state index contributed by atoms with van der Waals surface area (Å²) in [5.41, 5.74) is 3.53. The number of amides is 1. The van der Waals surface area contributed by atoms with Gasteiger partial charge < -0.3 is 9.73 Å². The summed E-state index contributed by atoms with van der Waals surface area (Å²) in [4.78, 5) is 16.6. The maximum absolute atomic E-state index is 12.3. The molecule has 0 radical (unpaired) electrons. The lowest BCUT2D eigenvalue weighted by Crippen LogP contribution is -2.22. The second-order valence-corrected chi connectivity index (χ2v) is 5.75. The van der Waals surface area contributed by atoms with Crippen molar-refractivity contribution in [2.45, 2.75) is 6.54 Å². The molecule has 3 aromatic heterocycles. The molecule has 124 valence electrons. The molecule has 0 spiro atoms. The number of furan rings is 1. The van der Waals surface area contributed by atoms with E-state index in [1.807, 2.05) is 43.4 Å². The molecule has 0 unspecified atom stereocenters. The van der Waals surface area contributed by atoms with Crippen LogP contribution in [0.5, 0.6) is 0 Å². The number of carbonyl (C=O) groups is 1. The second kappa shape index (κ2) is 6.24. The Hall–Kier alpha value is -3.41. The topological polar surface area (TPSA) is 73.0 Å². The van der Waals surface area contributed by atoms with Gasteiger partial charge in [-0.15, -0.1) is 0 Å². The normalized spacial score (nSPS) is 10.9. The Kier molecular flexibility index (Phi) is 3.78. The van der Waals surface area contributed by atoms with Crippen LogP contribution in [0.15, 0.2) is 65.5 Å². The number of nitrogens with one attached hydrogen (secondary N) is 1. The van der Waals surface area contributed by atoms with E-state index in [1.54, 1.807) is 29.3 Å². The summed E-state index contributed by atoms with van der Waals surface area (Å²) >= 11 is 0. The van der Waals surface area contributed by atoms with Gasteiger partial charge >= 0.3 is 0 Å². The molecular formula is C19H16N4O2. The van der Waals surface area contributed by atoms with Crippen LogP contribution in [0.3, 0.4) is 0 Å². The van der Waals surface area contributed by atoms with Gasteiger partial charge in [0.05, 0.1) is 5.69 Å². The van der Waals surface area contributed by atoms with Gasteiger partial charge in [-0.25, -0.2) is 0 Å². The van der Waals surface area contributed by atoms with Crippen molar-refractivity contribution in [3.8, 4) is 11.3 Å². The van der Waals surface area contributed by atoms with Crippen LogP contribution in [0, 0.1) is 0 Å². The monoisotopic (exact) mass is 332 g/mol. The first-order valence-electron chi connectivity index (χ1n) is 7.90. The fourth-order valence-corrected chi connectivity index (χ4v) is 2.74. The zero-order valence-electron chi connectivity index (χ0n) is 13.6. The van der Waals surface area contributed by atoms with Crippen molar-refractivity contribution in [3.63, 3.8) is 0 Å². The van der Waals surface area contributed by atoms with Crippen molar-refractivity contribution in [2.24, 2.45) is 7.05 Å². The molecule has 25 heavy (non-hydrogen) atoms. The van der Waals surface area contributed by atoms with E-state index in [9.17, 15) is 4.79 Å². The molecule has 0 fully saturated rings. The van der Waals surface area contributed by atoms with Gasteiger partial charge in [0.15, 0.2) is 5.76 Å². The number of hydrogen-bond donors (Lipinski definition) is 1. The lowest BCUT2D eigenvalue weighted by molar-refractivity contribution is 0.0925. The lowest BCUT2D eigenvalue weighted by atomic mass is 10.1. The quantitative estimate of drug-likeness (QED) is 0.623. The molecule has 4 aromatic rings. The van der Waals surface area contributed by atoms with E-state index >= 15 is 0 Å². The molecule has 6 heteroatoms. The Morgan fingerprint density at radius 3 is 2.88 bits per heavy atom. The molecule has 0 saturated heterocycles. The average molecular weight is 332 g/mol. The Bertz CT molecular complexity index is 1020. The first kappa shape index (κ1) is 15.1. The number of nitrogens with zero attached hydrogens (tertiary/aromatic N) is 3. The third-order valence-corrected chi connectivity index (χ3v) is 4.01. The average Bonchev–Trinajstić information content (AvgIpc) is 3.26. The number of para-hydroxylation sites is 1. The van der Waals surface area contributed by atoms with Gasteiger partial charge in [-0.1, -0.05) is 18.2 Å². The number of aromatic nitrogens is 3. The summed E-state index contributed by atoms with van der Waals surface area (Å²) in [6.45, 7) is 0.370. The van der Waals surface area contributed by atoms with Crippen LogP contribution in [0.4, 0.5) is 0 Å². The van der Waals surface area contributed by atoms with Gasteiger partial charge in [-0.05, 0) is 29.8 Å². The molecule has 1 aromatic carbocycles. The van der Waals surface area contributed by atoms with Gasteiger partial charge in [0.25, 0.3) is 5.91 Å². The first-order valence-corrected chi connectivity index (χ1v) is 7.90. The molecule has 0 atom stereocenters. The molecule has 4 rings (SSSR count). The van der Waals surface area contributed by atoms with Crippen molar-refractivity contribution < 1.29 is 9.21 Å². The molecule has 0 saturated carbocycles. The summed E-state index contributed by atoms with van der Waals surface area (Å²) < 4.78 is 7.36. The highest BCUT2D eigenvalue weighted by molar-refractivity contribution is 5.96. The number of hydrogen-bond acceptors (Lipinski definition) is 4. The van der Waals surface area contributed by atoms with E-state index in [4.69, 9.17) is 4.42 Å². The fraction of sp³-hybridized carbons (Fsp3) is 0.105. The molecule has 0 bridgehead atoms. The van der Waals surface area contributed by atoms with Crippen LogP contribution >= 0.6 is 0 Å². The SMILES string of the molecule is Cn1nccc1-c1cncc(CNC(=O)c2cc3ccccc3o2)c1. The lowest BCUT2D eigenvalue weighted by Gasteiger charge is -2.06. The van der Waals surface area contributed by atoms with E-state index < -0.39 is 0 Å². The standard InChI is InChI=1S/C19H16N4O2/c1-23-16(6-7-22-23)15-8-13(10-20-12-15)11-21-19(24)18-9-14-4-2-3-5-17(14)25-18/h2-10,12H,11H2,1H3,(H,21,24). The first-order chi connectivity index (χ1) is 12.2. The molecule has 0 aliphatic carbocycles. The van der Waals surface area contributed by atoms with Crippen LogP contribution in [0.1, 0.15) is 16.1 Å². The third kappa shape index (κ3) is 3.01. The number of benzene rings is 1. The van der Waals surface area contributed by atoms with Crippen LogP contribution in [-0.2, 0) is 13.6 Å². The summed E-state index contributed by atoms with van der Waals surface area (Å²) in [5, 5.41) is 7.94. The van der Waals surface area contributed by atoms with E-state index in [1.165, 1.54) is 0 Å². The van der Waals surface area contributed by atoms with E-state index in [0.717, 1.165) is 22.2 Å². The molecule has 0 aliphatic rings. The highest BCUT2D eigenvalue weighted by Gasteiger charge is 2.12. The number of rotatable bonds is 4. The van der Waals surface area contributed by atoms with Crippen molar-refractivity contribution in [2.75, 3.05) is 0 Å². The predicted molar refractivity (Wildman–Crippen MR) is 93.8 cm³/mol. The Labute approximate surface area is 144 Å². The highest BCUT2D eigenvalue weighted by Crippen LogP contribution is 2.20. The smallest absolute Gasteiger partial charge is 0.287 e. The minimum absolute atomic E-state index is 0.248. The van der Waals surface area contributed by atoms with Gasteiger partial charge in [-0.2, -0.15) is 5.10 Å². The zero-order valence-corrected chi connectivity index (χ0v) is 13.6. The Morgan fingerprint density at radius 2 is 2.08 bits per heavy atom. The number of carbonyl (C=O) groups excluding carboxylic acids is 1. The number of fused-ring (bicyclic) bond motifs is 1. The molecule has 0 aliphatic heterocycles. The zero-order chi connectivity index (χ0) is 17.2.